The van der Waals surface area contributed by atoms with Crippen LogP contribution in [0.4, 0.5) is 4.39 Å². The molecule has 0 bridgehead atoms. The van der Waals surface area contributed by atoms with E-state index in [0.717, 1.165) is 24.6 Å². The molecule has 0 radical (unpaired) electrons. The van der Waals surface area contributed by atoms with E-state index in [1.165, 1.54) is 6.07 Å². The van der Waals surface area contributed by atoms with Gasteiger partial charge < -0.3 is 16.0 Å². The number of guanidine groups is 1. The lowest BCUT2D eigenvalue weighted by Gasteiger charge is -2.21. The molecule has 118 valence electrons. The molecule has 0 atom stereocenters. The molecule has 3 N–H and O–H groups in total. The highest BCUT2D eigenvalue weighted by Gasteiger charge is 2.07. The summed E-state index contributed by atoms with van der Waals surface area (Å²) in [5.41, 5.74) is 0.832. The van der Waals surface area contributed by atoms with Gasteiger partial charge in [0.1, 0.15) is 5.82 Å². The summed E-state index contributed by atoms with van der Waals surface area (Å²) in [5, 5.41) is 9.81. The molecule has 0 aliphatic carbocycles. The number of benzene rings is 1. The van der Waals surface area contributed by atoms with Crippen molar-refractivity contribution in [1.29, 1.82) is 0 Å². The SMILES string of the molecule is CN=C(NCCNC(C)(C)C)NCCc1ccccc1F. The topological polar surface area (TPSA) is 48.5 Å². The largest absolute Gasteiger partial charge is 0.356 e. The highest BCUT2D eigenvalue weighted by atomic mass is 19.1. The molecule has 0 aromatic heterocycles. The number of nitrogens with one attached hydrogen (secondary N) is 3. The summed E-state index contributed by atoms with van der Waals surface area (Å²) in [6, 6.07) is 6.85. The first-order chi connectivity index (χ1) is 9.92. The van der Waals surface area contributed by atoms with Gasteiger partial charge in [-0.2, -0.15) is 0 Å². The maximum atomic E-state index is 13.5. The van der Waals surface area contributed by atoms with Gasteiger partial charge in [0, 0.05) is 32.2 Å². The quantitative estimate of drug-likeness (QED) is 0.427. The van der Waals surface area contributed by atoms with E-state index in [-0.39, 0.29) is 11.4 Å². The monoisotopic (exact) mass is 294 g/mol. The summed E-state index contributed by atoms with van der Waals surface area (Å²) >= 11 is 0. The zero-order valence-corrected chi connectivity index (χ0v) is 13.5. The fraction of sp³-hybridized carbons (Fsp3) is 0.562. The zero-order chi connectivity index (χ0) is 15.7. The summed E-state index contributed by atoms with van der Waals surface area (Å²) in [7, 11) is 1.73. The van der Waals surface area contributed by atoms with Crippen molar-refractivity contribution < 1.29 is 4.39 Å². The van der Waals surface area contributed by atoms with Crippen molar-refractivity contribution in [2.24, 2.45) is 4.99 Å². The summed E-state index contributed by atoms with van der Waals surface area (Å²) in [6.45, 7) is 8.69. The van der Waals surface area contributed by atoms with Gasteiger partial charge >= 0.3 is 0 Å². The Balaban J connectivity index is 2.24. The van der Waals surface area contributed by atoms with Gasteiger partial charge in [-0.05, 0) is 38.8 Å². The van der Waals surface area contributed by atoms with Crippen LogP contribution in [0.25, 0.3) is 0 Å². The van der Waals surface area contributed by atoms with Crippen molar-refractivity contribution in [2.45, 2.75) is 32.7 Å². The molecule has 0 saturated heterocycles. The average Bonchev–Trinajstić information content (AvgIpc) is 2.42. The maximum Gasteiger partial charge on any atom is 0.191 e. The van der Waals surface area contributed by atoms with Crippen LogP contribution < -0.4 is 16.0 Å². The Morgan fingerprint density at radius 1 is 1.10 bits per heavy atom. The first-order valence-corrected chi connectivity index (χ1v) is 7.35. The Morgan fingerprint density at radius 2 is 1.76 bits per heavy atom. The van der Waals surface area contributed by atoms with Crippen LogP contribution in [0, 0.1) is 5.82 Å². The fourth-order valence-corrected chi connectivity index (χ4v) is 1.86. The summed E-state index contributed by atoms with van der Waals surface area (Å²) in [4.78, 5) is 4.15. The van der Waals surface area contributed by atoms with Gasteiger partial charge in [-0.3, -0.25) is 4.99 Å². The molecule has 1 aromatic rings. The van der Waals surface area contributed by atoms with Gasteiger partial charge in [0.15, 0.2) is 5.96 Å². The Labute approximate surface area is 127 Å². The average molecular weight is 294 g/mol. The lowest BCUT2D eigenvalue weighted by atomic mass is 10.1. The van der Waals surface area contributed by atoms with E-state index >= 15 is 0 Å². The second kappa shape index (κ2) is 8.62. The lowest BCUT2D eigenvalue weighted by Crippen LogP contribution is -2.44. The van der Waals surface area contributed by atoms with Crippen molar-refractivity contribution in [3.63, 3.8) is 0 Å². The first-order valence-electron chi connectivity index (χ1n) is 7.35. The number of hydrogen-bond donors (Lipinski definition) is 3. The van der Waals surface area contributed by atoms with E-state index < -0.39 is 0 Å². The Hall–Kier alpha value is -1.62. The summed E-state index contributed by atoms with van der Waals surface area (Å²) < 4.78 is 13.5. The molecule has 1 aromatic carbocycles. The maximum absolute atomic E-state index is 13.5. The van der Waals surface area contributed by atoms with Crippen LogP contribution >= 0.6 is 0 Å². The molecule has 0 spiro atoms. The molecule has 0 fully saturated rings. The predicted octanol–water partition coefficient (Wildman–Crippen LogP) is 1.92. The highest BCUT2D eigenvalue weighted by molar-refractivity contribution is 5.79. The molecule has 0 unspecified atom stereocenters. The highest BCUT2D eigenvalue weighted by Crippen LogP contribution is 2.05. The minimum Gasteiger partial charge on any atom is -0.356 e. The van der Waals surface area contributed by atoms with Crippen LogP contribution in [0.15, 0.2) is 29.3 Å². The van der Waals surface area contributed by atoms with Gasteiger partial charge in [0.25, 0.3) is 0 Å². The van der Waals surface area contributed by atoms with Crippen LogP contribution in [0.2, 0.25) is 0 Å². The molecule has 0 amide bonds. The molecule has 4 nitrogen and oxygen atoms in total. The van der Waals surface area contributed by atoms with Gasteiger partial charge in [-0.25, -0.2) is 4.39 Å². The number of nitrogens with zero attached hydrogens (tertiary/aromatic N) is 1. The normalized spacial score (nSPS) is 12.3. The van der Waals surface area contributed by atoms with Gasteiger partial charge in [-0.15, -0.1) is 0 Å². The third-order valence-corrected chi connectivity index (χ3v) is 2.94. The van der Waals surface area contributed by atoms with Crippen molar-refractivity contribution in [3.8, 4) is 0 Å². The van der Waals surface area contributed by atoms with E-state index in [0.29, 0.717) is 13.0 Å². The van der Waals surface area contributed by atoms with Crippen LogP contribution in [0.5, 0.6) is 0 Å². The molecule has 5 heteroatoms. The molecule has 0 heterocycles. The van der Waals surface area contributed by atoms with Crippen LogP contribution in [-0.4, -0.2) is 38.2 Å². The molecule has 0 saturated carbocycles. The van der Waals surface area contributed by atoms with E-state index in [1.807, 2.05) is 6.07 Å². The van der Waals surface area contributed by atoms with Gasteiger partial charge in [0.05, 0.1) is 0 Å². The standard InChI is InChI=1S/C16H27FN4/c1-16(2,3)21-12-11-20-15(18-4)19-10-9-13-7-5-6-8-14(13)17/h5-8,21H,9-12H2,1-4H3,(H2,18,19,20). The third-order valence-electron chi connectivity index (χ3n) is 2.94. The van der Waals surface area contributed by atoms with Gasteiger partial charge in [-0.1, -0.05) is 18.2 Å². The van der Waals surface area contributed by atoms with Gasteiger partial charge in [0.2, 0.25) is 0 Å². The smallest absolute Gasteiger partial charge is 0.191 e. The lowest BCUT2D eigenvalue weighted by molar-refractivity contribution is 0.428. The Morgan fingerprint density at radius 3 is 2.38 bits per heavy atom. The number of hydrogen-bond acceptors (Lipinski definition) is 2. The second-order valence-electron chi connectivity index (χ2n) is 5.94. The molecule has 21 heavy (non-hydrogen) atoms. The predicted molar refractivity (Wildman–Crippen MR) is 87.2 cm³/mol. The number of rotatable bonds is 6. The van der Waals surface area contributed by atoms with Crippen LogP contribution in [-0.2, 0) is 6.42 Å². The molecular weight excluding hydrogens is 267 g/mol. The molecule has 0 aliphatic heterocycles. The summed E-state index contributed by atoms with van der Waals surface area (Å²) in [6.07, 6.45) is 0.633. The van der Waals surface area contributed by atoms with E-state index in [2.05, 4.69) is 41.7 Å². The van der Waals surface area contributed by atoms with Crippen molar-refractivity contribution in [1.82, 2.24) is 16.0 Å². The Kier molecular flexibility index (Phi) is 7.15. The minimum absolute atomic E-state index is 0.115. The number of halogens is 1. The van der Waals surface area contributed by atoms with Crippen LogP contribution in [0.3, 0.4) is 0 Å². The van der Waals surface area contributed by atoms with E-state index in [4.69, 9.17) is 0 Å². The summed E-state index contributed by atoms with van der Waals surface area (Å²) in [5.74, 6) is 0.582. The zero-order valence-electron chi connectivity index (χ0n) is 13.5. The molecular formula is C16H27FN4. The van der Waals surface area contributed by atoms with E-state index in [9.17, 15) is 4.39 Å². The second-order valence-corrected chi connectivity index (χ2v) is 5.94. The minimum atomic E-state index is -0.156. The van der Waals surface area contributed by atoms with Crippen LogP contribution in [0.1, 0.15) is 26.3 Å². The first kappa shape index (κ1) is 17.4. The molecule has 1 rings (SSSR count). The number of aliphatic imine (C=N–C) groups is 1. The van der Waals surface area contributed by atoms with Crippen molar-refractivity contribution in [3.05, 3.63) is 35.6 Å². The fourth-order valence-electron chi connectivity index (χ4n) is 1.86. The third kappa shape index (κ3) is 7.66. The van der Waals surface area contributed by atoms with E-state index in [1.54, 1.807) is 19.2 Å². The molecule has 0 aliphatic rings. The van der Waals surface area contributed by atoms with Crippen molar-refractivity contribution >= 4 is 5.96 Å². The van der Waals surface area contributed by atoms with Crippen molar-refractivity contribution in [2.75, 3.05) is 26.7 Å². The Bertz CT molecular complexity index is 452.